The van der Waals surface area contributed by atoms with E-state index in [0.29, 0.717) is 22.6 Å². The first-order valence-corrected chi connectivity index (χ1v) is 7.21. The number of rotatable bonds is 3. The number of nitrogens with zero attached hydrogens (tertiary/aromatic N) is 3. The highest BCUT2D eigenvalue weighted by Gasteiger charge is 2.20. The number of aliphatic hydroxyl groups excluding tert-OH is 1. The normalized spacial score (nSPS) is 23.4. The number of anilines is 1. The number of thioether (sulfide) groups is 1. The molecule has 1 aromatic heterocycles. The summed E-state index contributed by atoms with van der Waals surface area (Å²) >= 11 is 1.44. The zero-order chi connectivity index (χ0) is 13.0. The summed E-state index contributed by atoms with van der Waals surface area (Å²) in [6.07, 6.45) is 6.79. The second-order valence-corrected chi connectivity index (χ2v) is 5.17. The maximum atomic E-state index is 9.45. The molecule has 0 aliphatic heterocycles. The lowest BCUT2D eigenvalue weighted by Crippen LogP contribution is -2.29. The molecule has 1 saturated carbocycles. The van der Waals surface area contributed by atoms with Crippen molar-refractivity contribution in [1.82, 2.24) is 9.97 Å². The van der Waals surface area contributed by atoms with Crippen molar-refractivity contribution in [3.8, 4) is 6.07 Å². The Balaban J connectivity index is 2.04. The maximum Gasteiger partial charge on any atom is 0.223 e. The highest BCUT2D eigenvalue weighted by atomic mass is 32.2. The van der Waals surface area contributed by atoms with Crippen molar-refractivity contribution in [1.29, 1.82) is 5.26 Å². The number of aromatic nitrogens is 2. The smallest absolute Gasteiger partial charge is 0.223 e. The van der Waals surface area contributed by atoms with E-state index >= 15 is 0 Å². The molecule has 18 heavy (non-hydrogen) atoms. The van der Waals surface area contributed by atoms with Gasteiger partial charge in [-0.1, -0.05) is 0 Å². The number of nitrogens with one attached hydrogen (secondary N) is 1. The van der Waals surface area contributed by atoms with Gasteiger partial charge in [0.1, 0.15) is 16.7 Å². The van der Waals surface area contributed by atoms with Crippen molar-refractivity contribution in [2.75, 3.05) is 11.6 Å². The van der Waals surface area contributed by atoms with Gasteiger partial charge in [-0.05, 0) is 31.9 Å². The van der Waals surface area contributed by atoms with Gasteiger partial charge in [0.05, 0.1) is 12.3 Å². The first kappa shape index (κ1) is 13.1. The molecule has 0 spiro atoms. The molecule has 5 nitrogen and oxygen atoms in total. The molecule has 1 aliphatic carbocycles. The summed E-state index contributed by atoms with van der Waals surface area (Å²) in [6, 6.07) is 2.39. The largest absolute Gasteiger partial charge is 0.393 e. The Bertz CT molecular complexity index is 452. The predicted molar refractivity (Wildman–Crippen MR) is 70.4 cm³/mol. The van der Waals surface area contributed by atoms with Crippen molar-refractivity contribution in [2.45, 2.75) is 42.9 Å². The third kappa shape index (κ3) is 3.12. The molecule has 0 saturated heterocycles. The van der Waals surface area contributed by atoms with Crippen LogP contribution in [-0.2, 0) is 0 Å². The van der Waals surface area contributed by atoms with Crippen LogP contribution in [-0.4, -0.2) is 33.5 Å². The Kier molecular flexibility index (Phi) is 4.39. The monoisotopic (exact) mass is 264 g/mol. The maximum absolute atomic E-state index is 9.45. The molecule has 0 bridgehead atoms. The van der Waals surface area contributed by atoms with Crippen LogP contribution in [0.3, 0.4) is 0 Å². The summed E-state index contributed by atoms with van der Waals surface area (Å²) in [5, 5.41) is 22.3. The van der Waals surface area contributed by atoms with E-state index in [2.05, 4.69) is 21.4 Å². The summed E-state index contributed by atoms with van der Waals surface area (Å²) < 4.78 is 0. The third-order valence-electron chi connectivity index (χ3n) is 3.10. The molecule has 0 aromatic carbocycles. The van der Waals surface area contributed by atoms with E-state index < -0.39 is 0 Å². The molecular weight excluding hydrogens is 248 g/mol. The summed E-state index contributed by atoms with van der Waals surface area (Å²) in [4.78, 5) is 8.48. The topological polar surface area (TPSA) is 81.8 Å². The average molecular weight is 264 g/mol. The fourth-order valence-corrected chi connectivity index (χ4v) is 2.57. The van der Waals surface area contributed by atoms with Crippen LogP contribution >= 0.6 is 11.8 Å². The molecule has 96 valence electrons. The minimum absolute atomic E-state index is 0.160. The predicted octanol–water partition coefficient (Wildman–Crippen LogP) is 1.79. The van der Waals surface area contributed by atoms with Crippen LogP contribution in [0.15, 0.2) is 11.2 Å². The summed E-state index contributed by atoms with van der Waals surface area (Å²) in [5.74, 6) is 0.569. The van der Waals surface area contributed by atoms with E-state index in [9.17, 15) is 5.11 Å². The summed E-state index contributed by atoms with van der Waals surface area (Å²) in [6.45, 7) is 0. The minimum atomic E-state index is -0.160. The summed E-state index contributed by atoms with van der Waals surface area (Å²) in [7, 11) is 0. The van der Waals surface area contributed by atoms with Crippen LogP contribution in [0.1, 0.15) is 31.2 Å². The molecule has 0 unspecified atom stereocenters. The number of hydrogen-bond acceptors (Lipinski definition) is 6. The molecule has 1 fully saturated rings. The van der Waals surface area contributed by atoms with E-state index in [1.165, 1.54) is 11.8 Å². The Morgan fingerprint density at radius 2 is 2.17 bits per heavy atom. The quantitative estimate of drug-likeness (QED) is 0.640. The van der Waals surface area contributed by atoms with E-state index in [4.69, 9.17) is 5.26 Å². The van der Waals surface area contributed by atoms with Crippen molar-refractivity contribution < 1.29 is 5.11 Å². The minimum Gasteiger partial charge on any atom is -0.393 e. The van der Waals surface area contributed by atoms with Crippen LogP contribution in [0, 0.1) is 11.3 Å². The van der Waals surface area contributed by atoms with Crippen molar-refractivity contribution in [3.05, 3.63) is 11.8 Å². The molecule has 2 rings (SSSR count). The van der Waals surface area contributed by atoms with Crippen LogP contribution in [0.25, 0.3) is 0 Å². The van der Waals surface area contributed by atoms with Crippen LogP contribution in [0.5, 0.6) is 0 Å². The van der Waals surface area contributed by atoms with E-state index in [0.717, 1.165) is 25.7 Å². The van der Waals surface area contributed by atoms with Crippen molar-refractivity contribution >= 4 is 17.7 Å². The summed E-state index contributed by atoms with van der Waals surface area (Å²) in [5.41, 5.74) is 0.507. The Morgan fingerprint density at radius 1 is 1.44 bits per heavy atom. The molecule has 6 heteroatoms. The first-order chi connectivity index (χ1) is 8.72. The zero-order valence-corrected chi connectivity index (χ0v) is 11.1. The van der Waals surface area contributed by atoms with Gasteiger partial charge in [0, 0.05) is 6.04 Å². The van der Waals surface area contributed by atoms with Gasteiger partial charge in [-0.3, -0.25) is 0 Å². The van der Waals surface area contributed by atoms with Crippen LogP contribution in [0.4, 0.5) is 5.95 Å². The molecule has 0 radical (unpaired) electrons. The standard InChI is InChI=1S/C12H16N4OS/c1-18-11-8(6-13)7-14-12(16-11)15-9-2-4-10(17)5-3-9/h7,9-10,17H,2-5H2,1H3,(H,14,15,16)/t9-,10-. The Hall–Kier alpha value is -1.32. The van der Waals surface area contributed by atoms with Gasteiger partial charge in [-0.25, -0.2) is 9.97 Å². The second kappa shape index (κ2) is 6.03. The van der Waals surface area contributed by atoms with Crippen molar-refractivity contribution in [2.24, 2.45) is 0 Å². The van der Waals surface area contributed by atoms with Gasteiger partial charge < -0.3 is 10.4 Å². The lowest BCUT2D eigenvalue weighted by Gasteiger charge is -2.26. The Morgan fingerprint density at radius 3 is 2.78 bits per heavy atom. The van der Waals surface area contributed by atoms with Gasteiger partial charge in [-0.15, -0.1) is 11.8 Å². The highest BCUT2D eigenvalue weighted by molar-refractivity contribution is 7.98. The number of aliphatic hydroxyl groups is 1. The van der Waals surface area contributed by atoms with Gasteiger partial charge in [0.25, 0.3) is 0 Å². The van der Waals surface area contributed by atoms with E-state index in [-0.39, 0.29) is 6.10 Å². The second-order valence-electron chi connectivity index (χ2n) is 4.38. The molecule has 1 aromatic rings. The Labute approximate surface area is 111 Å². The van der Waals surface area contributed by atoms with E-state index in [1.807, 2.05) is 6.26 Å². The molecule has 0 amide bonds. The fourth-order valence-electron chi connectivity index (χ4n) is 2.07. The fraction of sp³-hybridized carbons (Fsp3) is 0.583. The molecule has 1 heterocycles. The number of hydrogen-bond donors (Lipinski definition) is 2. The van der Waals surface area contributed by atoms with Crippen molar-refractivity contribution in [3.63, 3.8) is 0 Å². The highest BCUT2D eigenvalue weighted by Crippen LogP contribution is 2.22. The molecular formula is C12H16N4OS. The lowest BCUT2D eigenvalue weighted by molar-refractivity contribution is 0.126. The molecule has 2 N–H and O–H groups in total. The zero-order valence-electron chi connectivity index (χ0n) is 10.3. The van der Waals surface area contributed by atoms with E-state index in [1.54, 1.807) is 6.20 Å². The van der Waals surface area contributed by atoms with Gasteiger partial charge >= 0.3 is 0 Å². The first-order valence-electron chi connectivity index (χ1n) is 5.98. The van der Waals surface area contributed by atoms with Crippen LogP contribution in [0.2, 0.25) is 0 Å². The SMILES string of the molecule is CSc1nc(N[C@H]2CC[C@H](O)CC2)ncc1C#N. The molecule has 0 atom stereocenters. The van der Waals surface area contributed by atoms with Gasteiger partial charge in [-0.2, -0.15) is 5.26 Å². The van der Waals surface area contributed by atoms with Gasteiger partial charge in [0.2, 0.25) is 5.95 Å². The number of nitriles is 1. The molecule has 1 aliphatic rings. The van der Waals surface area contributed by atoms with Crippen LogP contribution < -0.4 is 5.32 Å². The average Bonchev–Trinajstić information content (AvgIpc) is 2.41. The van der Waals surface area contributed by atoms with Gasteiger partial charge in [0.15, 0.2) is 0 Å². The lowest BCUT2D eigenvalue weighted by atomic mass is 9.93. The third-order valence-corrected chi connectivity index (χ3v) is 3.80.